The average molecular weight is 1590 g/mol. The van der Waals surface area contributed by atoms with Crippen LogP contribution in [0.25, 0.3) is 0 Å². The van der Waals surface area contributed by atoms with E-state index in [9.17, 15) is 41.9 Å². The predicted molar refractivity (Wildman–Crippen MR) is 397 cm³/mol. The van der Waals surface area contributed by atoms with Crippen molar-refractivity contribution in [1.29, 1.82) is 0 Å². The van der Waals surface area contributed by atoms with Crippen molar-refractivity contribution in [1.82, 2.24) is 60.5 Å². The Bertz CT molecular complexity index is 2890. The smallest absolute Gasteiger partial charge is 0.343 e. The zero-order valence-corrected chi connectivity index (χ0v) is 66.8. The lowest BCUT2D eigenvalue weighted by molar-refractivity contribution is -0.186. The highest BCUT2D eigenvalue weighted by atomic mass is 127. The van der Waals surface area contributed by atoms with Gasteiger partial charge in [-0.25, -0.2) is 0 Å². The van der Waals surface area contributed by atoms with E-state index in [1.165, 1.54) is 64.0 Å². The van der Waals surface area contributed by atoms with Crippen LogP contribution in [0, 0.1) is 41.4 Å². The Morgan fingerprint density at radius 1 is 0.524 bits per heavy atom. The summed E-state index contributed by atoms with van der Waals surface area (Å²) in [5.74, 6) is -11.8. The highest BCUT2D eigenvalue weighted by Gasteiger charge is 2.46. The second-order valence-corrected chi connectivity index (χ2v) is 33.8. The number of nitrogens with zero attached hydrogens (tertiary/aromatic N) is 8. The van der Waals surface area contributed by atoms with E-state index in [-0.39, 0.29) is 90.8 Å². The van der Waals surface area contributed by atoms with Gasteiger partial charge in [0.25, 0.3) is 0 Å². The third-order valence-corrected chi connectivity index (χ3v) is 23.8. The van der Waals surface area contributed by atoms with E-state index in [1.807, 2.05) is 27.7 Å². The minimum atomic E-state index is -4.54. The number of amides is 12. The van der Waals surface area contributed by atoms with E-state index in [0.717, 1.165) is 51.7 Å². The van der Waals surface area contributed by atoms with Crippen LogP contribution in [0.1, 0.15) is 209 Å². The fourth-order valence-electron chi connectivity index (χ4n) is 15.4. The van der Waals surface area contributed by atoms with Crippen molar-refractivity contribution in [2.24, 2.45) is 41.4 Å². The first kappa shape index (κ1) is 88.1. The highest BCUT2D eigenvalue weighted by molar-refractivity contribution is 14.1. The molecule has 13 atom stereocenters. The second-order valence-electron chi connectivity index (χ2n) is 31.4. The van der Waals surface area contributed by atoms with Gasteiger partial charge in [-0.05, 0) is 145 Å². The summed E-state index contributed by atoms with van der Waals surface area (Å²) < 4.78 is 44.0. The van der Waals surface area contributed by atoms with Crippen LogP contribution in [0.4, 0.5) is 13.2 Å². The molecule has 24 nitrogen and oxygen atoms in total. The number of nitrogens with one attached hydrogen (secondary N) is 4. The molecule has 5 fully saturated rings. The maximum Gasteiger partial charge on any atom is 0.391 e. The van der Waals surface area contributed by atoms with E-state index in [2.05, 4.69) is 43.9 Å². The van der Waals surface area contributed by atoms with E-state index in [0.29, 0.717) is 77.3 Å². The number of hydrogen-bond acceptors (Lipinski definition) is 12. The van der Waals surface area contributed by atoms with Crippen molar-refractivity contribution in [3.63, 3.8) is 0 Å². The van der Waals surface area contributed by atoms with Gasteiger partial charge in [0.1, 0.15) is 48.3 Å². The van der Waals surface area contributed by atoms with Crippen LogP contribution in [0.3, 0.4) is 0 Å². The first-order valence-electron chi connectivity index (χ1n) is 38.0. The van der Waals surface area contributed by atoms with Gasteiger partial charge in [0.05, 0.1) is 32.0 Å². The Kier molecular flexibility index (Phi) is 35.5. The largest absolute Gasteiger partial charge is 0.391 e. The number of unbranched alkanes of at least 4 members (excludes halogenated alkanes) is 1. The third kappa shape index (κ3) is 26.4. The second kappa shape index (κ2) is 41.5. The fourth-order valence-corrected chi connectivity index (χ4v) is 16.8. The molecule has 4 N–H and O–H groups in total. The molecule has 3 saturated carbocycles. The van der Waals surface area contributed by atoms with Gasteiger partial charge < -0.3 is 60.5 Å². The van der Waals surface area contributed by atoms with E-state index >= 15 is 28.8 Å². The van der Waals surface area contributed by atoms with Crippen LogP contribution in [-0.2, 0) is 57.5 Å². The molecular formula is C74H123ClF3IN12O12. The number of halogens is 5. The molecule has 2 heterocycles. The SMILES string of the molecule is CCCC[C@@H]1NC(=O)[C@H](CC2CCCC(I)C2)NC(=O)CN(C)C(=O)[C@H](CC2CCC(Cl)CC2)N(C)C(=O)CN(C)C(=O)CN(C)C(=O)[C@H]([C@@H](C)CC)NC(=O)[C@H](CC(C)C)N(C)C(=O)C[C@@H](C(=O)N2CCCCC2)N(C)C(=O)[C@H](CC(C)C)NC(=O)[C@H](CC2CCCC(C(F)(F)F)C2)N(C)C1=O. The van der Waals surface area contributed by atoms with Gasteiger partial charge in [-0.15, -0.1) is 11.6 Å². The summed E-state index contributed by atoms with van der Waals surface area (Å²) in [7, 11) is 9.76. The molecular weight excluding hydrogens is 1470 g/mol. The Hall–Kier alpha value is -5.55. The molecule has 0 aromatic carbocycles. The van der Waals surface area contributed by atoms with Gasteiger partial charge >= 0.3 is 6.18 Å². The number of carbonyl (C=O) groups excluding carboxylic acids is 12. The van der Waals surface area contributed by atoms with Crippen LogP contribution in [0.2, 0.25) is 0 Å². The van der Waals surface area contributed by atoms with Crippen molar-refractivity contribution in [3.05, 3.63) is 0 Å². The zero-order chi connectivity index (χ0) is 76.9. The first-order valence-corrected chi connectivity index (χ1v) is 39.7. The molecule has 0 bridgehead atoms. The number of carbonyl (C=O) groups is 12. The lowest BCUT2D eigenvalue weighted by Crippen LogP contribution is -2.61. The molecule has 12 amide bonds. The third-order valence-electron chi connectivity index (χ3n) is 22.2. The molecule has 0 aromatic rings. The monoisotopic (exact) mass is 1590 g/mol. The lowest BCUT2D eigenvalue weighted by atomic mass is 9.78. The van der Waals surface area contributed by atoms with Crippen LogP contribution in [0.15, 0.2) is 0 Å². The molecule has 2 saturated heterocycles. The molecule has 29 heteroatoms. The van der Waals surface area contributed by atoms with Crippen LogP contribution >= 0.6 is 34.2 Å². The van der Waals surface area contributed by atoms with Crippen LogP contribution in [0.5, 0.6) is 0 Å². The average Bonchev–Trinajstić information content (AvgIpc) is 0.800. The molecule has 2 aliphatic heterocycles. The molecule has 0 spiro atoms. The Morgan fingerprint density at radius 3 is 1.67 bits per heavy atom. The molecule has 4 unspecified atom stereocenters. The van der Waals surface area contributed by atoms with Crippen molar-refractivity contribution < 1.29 is 70.7 Å². The van der Waals surface area contributed by atoms with Crippen LogP contribution in [-0.4, -0.2) is 256 Å². The van der Waals surface area contributed by atoms with Gasteiger partial charge in [0.2, 0.25) is 70.9 Å². The predicted octanol–water partition coefficient (Wildman–Crippen LogP) is 7.68. The molecule has 586 valence electrons. The van der Waals surface area contributed by atoms with Crippen molar-refractivity contribution >= 4 is 105 Å². The Morgan fingerprint density at radius 2 is 1.08 bits per heavy atom. The van der Waals surface area contributed by atoms with Gasteiger partial charge in [0, 0.05) is 71.7 Å². The molecule has 0 radical (unpaired) electrons. The Labute approximate surface area is 629 Å². The molecule has 5 rings (SSSR count). The van der Waals surface area contributed by atoms with Crippen molar-refractivity contribution in [2.45, 2.75) is 273 Å². The van der Waals surface area contributed by atoms with Crippen LogP contribution < -0.4 is 21.3 Å². The van der Waals surface area contributed by atoms with Crippen molar-refractivity contribution in [2.75, 3.05) is 82.1 Å². The zero-order valence-electron chi connectivity index (χ0n) is 63.9. The molecule has 0 aromatic heterocycles. The van der Waals surface area contributed by atoms with E-state index in [4.69, 9.17) is 11.6 Å². The minimum Gasteiger partial charge on any atom is -0.343 e. The number of piperidine rings is 1. The summed E-state index contributed by atoms with van der Waals surface area (Å²) in [6, 6.07) is -10.6. The van der Waals surface area contributed by atoms with Gasteiger partial charge in [-0.3, -0.25) is 57.5 Å². The normalized spacial score (nSPS) is 30.4. The van der Waals surface area contributed by atoms with Gasteiger partial charge in [-0.2, -0.15) is 13.2 Å². The van der Waals surface area contributed by atoms with E-state index in [1.54, 1.807) is 25.7 Å². The number of likely N-dealkylation sites (N-methyl/N-ethyl adjacent to an activating group) is 7. The molecule has 5 aliphatic rings. The quantitative estimate of drug-likeness (QED) is 0.0855. The number of rotatable bonds is 16. The Balaban J connectivity index is 1.66. The number of likely N-dealkylation sites (tertiary alicyclic amines) is 1. The standard InChI is InChI=1S/C74H123ClF3IN12O12/c1-15-17-27-54-69(99)89(13)58(40-49-23-21-25-51(36-49)74(76,77)78)67(97)82-56(34-45(3)4)70(100)90(14)60(72(102)91-32-19-18-20-33-91)41-62(93)87(11)57(35-46(5)6)68(98)83-65(47(7)16-2)73(103)86(10)43-63(94)84(8)44-64(95)88(12)59(39-48-28-30-52(75)31-29-48)71(101)85(9)42-61(92)80-55(66(96)81-54)38-50-24-22-26-53(79)37-50/h45-60,65H,15-44H2,1-14H3,(H,80,92)(H,81,96)(H,82,97)(H,83,98)/t47-,48?,49?,50?,51?,52?,53?,54-,55-,56-,57-,58-,59-,60-,65-/m0/s1. The summed E-state index contributed by atoms with van der Waals surface area (Å²) >= 11 is 8.90. The van der Waals surface area contributed by atoms with E-state index < -0.39 is 169 Å². The summed E-state index contributed by atoms with van der Waals surface area (Å²) in [6.45, 7) is 11.8. The summed E-state index contributed by atoms with van der Waals surface area (Å²) in [4.78, 5) is 189. The van der Waals surface area contributed by atoms with Gasteiger partial charge in [0.15, 0.2) is 0 Å². The first-order chi connectivity index (χ1) is 48.4. The summed E-state index contributed by atoms with van der Waals surface area (Å²) in [6.07, 6.45) is 4.57. The number of hydrogen-bond donors (Lipinski definition) is 4. The maximum absolute atomic E-state index is 15.5. The summed E-state index contributed by atoms with van der Waals surface area (Å²) in [5, 5.41) is 11.5. The highest BCUT2D eigenvalue weighted by Crippen LogP contribution is 2.42. The fraction of sp³-hybridized carbons (Fsp3) is 0.838. The molecule has 3 aliphatic carbocycles. The topological polar surface area (TPSA) is 279 Å². The minimum absolute atomic E-state index is 0.0250. The lowest BCUT2D eigenvalue weighted by Gasteiger charge is -2.38. The molecule has 103 heavy (non-hydrogen) atoms. The maximum atomic E-state index is 15.5. The van der Waals surface area contributed by atoms with Gasteiger partial charge in [-0.1, -0.05) is 116 Å². The van der Waals surface area contributed by atoms with Crippen molar-refractivity contribution in [3.8, 4) is 0 Å². The summed E-state index contributed by atoms with van der Waals surface area (Å²) in [5.41, 5.74) is 0. The number of alkyl halides is 5.